The molecular formula is C16H17NO3S. The zero-order valence-corrected chi connectivity index (χ0v) is 13.0. The van der Waals surface area contributed by atoms with Crippen molar-refractivity contribution in [2.24, 2.45) is 0 Å². The first kappa shape index (κ1) is 15.3. The minimum atomic E-state index is -0.366. The van der Waals surface area contributed by atoms with E-state index in [0.29, 0.717) is 11.3 Å². The molecule has 0 atom stereocenters. The molecule has 0 heterocycles. The lowest BCUT2D eigenvalue weighted by molar-refractivity contribution is 0.0600. The Morgan fingerprint density at radius 3 is 2.43 bits per heavy atom. The molecule has 0 aliphatic rings. The molecule has 2 aromatic carbocycles. The lowest BCUT2D eigenvalue weighted by Crippen LogP contribution is -2.02. The van der Waals surface area contributed by atoms with Crippen molar-refractivity contribution in [1.29, 1.82) is 0 Å². The maximum absolute atomic E-state index is 11.6. The van der Waals surface area contributed by atoms with Gasteiger partial charge in [0.1, 0.15) is 5.75 Å². The van der Waals surface area contributed by atoms with Crippen LogP contribution in [-0.4, -0.2) is 20.2 Å². The van der Waals surface area contributed by atoms with Gasteiger partial charge in [0.2, 0.25) is 0 Å². The van der Waals surface area contributed by atoms with Crippen LogP contribution in [0.5, 0.6) is 5.75 Å². The van der Waals surface area contributed by atoms with Gasteiger partial charge in [-0.3, -0.25) is 0 Å². The van der Waals surface area contributed by atoms with Crippen molar-refractivity contribution in [2.75, 3.05) is 18.9 Å². The fourth-order valence-corrected chi connectivity index (χ4v) is 2.54. The van der Waals surface area contributed by atoms with E-state index >= 15 is 0 Å². The largest absolute Gasteiger partial charge is 0.496 e. The Hall–Kier alpha value is -2.14. The average molecular weight is 303 g/mol. The van der Waals surface area contributed by atoms with Crippen LogP contribution in [0.25, 0.3) is 0 Å². The quantitative estimate of drug-likeness (QED) is 0.670. The van der Waals surface area contributed by atoms with Crippen LogP contribution in [0.2, 0.25) is 0 Å². The number of aryl methyl sites for hydroxylation is 1. The van der Waals surface area contributed by atoms with E-state index in [9.17, 15) is 4.79 Å². The van der Waals surface area contributed by atoms with Gasteiger partial charge in [-0.15, -0.1) is 0 Å². The monoisotopic (exact) mass is 303 g/mol. The third kappa shape index (κ3) is 3.92. The highest BCUT2D eigenvalue weighted by Crippen LogP contribution is 2.31. The number of nitrogens with one attached hydrogen (secondary N) is 1. The standard InChI is InChI=1S/C16H17NO3S/c1-11-4-7-13(8-5-11)17-21-15-10-12(16(18)20-3)6-9-14(15)19-2/h4-10,17H,1-3H3. The Morgan fingerprint density at radius 1 is 1.10 bits per heavy atom. The third-order valence-electron chi connectivity index (χ3n) is 2.92. The highest BCUT2D eigenvalue weighted by atomic mass is 32.2. The van der Waals surface area contributed by atoms with E-state index in [1.54, 1.807) is 25.3 Å². The number of carbonyl (C=O) groups excluding carboxylic acids is 1. The molecule has 0 saturated carbocycles. The van der Waals surface area contributed by atoms with E-state index in [1.165, 1.54) is 24.6 Å². The van der Waals surface area contributed by atoms with Gasteiger partial charge in [-0.1, -0.05) is 17.7 Å². The average Bonchev–Trinajstić information content (AvgIpc) is 2.53. The molecule has 0 unspecified atom stereocenters. The van der Waals surface area contributed by atoms with Crippen molar-refractivity contribution in [3.63, 3.8) is 0 Å². The highest BCUT2D eigenvalue weighted by Gasteiger charge is 2.11. The molecule has 0 aliphatic carbocycles. The molecule has 5 heteroatoms. The molecule has 0 fully saturated rings. The number of esters is 1. The fraction of sp³-hybridized carbons (Fsp3) is 0.188. The van der Waals surface area contributed by atoms with Gasteiger partial charge in [-0.05, 0) is 49.2 Å². The topological polar surface area (TPSA) is 47.6 Å². The van der Waals surface area contributed by atoms with Crippen LogP contribution in [0.4, 0.5) is 5.69 Å². The summed E-state index contributed by atoms with van der Waals surface area (Å²) < 4.78 is 13.3. The molecule has 0 amide bonds. The van der Waals surface area contributed by atoms with Gasteiger partial charge in [-0.25, -0.2) is 4.79 Å². The highest BCUT2D eigenvalue weighted by molar-refractivity contribution is 8.00. The number of anilines is 1. The van der Waals surface area contributed by atoms with Crippen molar-refractivity contribution in [3.8, 4) is 5.75 Å². The summed E-state index contributed by atoms with van der Waals surface area (Å²) in [5.41, 5.74) is 2.68. The Balaban J connectivity index is 2.17. The first-order chi connectivity index (χ1) is 10.1. The van der Waals surface area contributed by atoms with Crippen LogP contribution in [0.1, 0.15) is 15.9 Å². The first-order valence-electron chi connectivity index (χ1n) is 6.40. The summed E-state index contributed by atoms with van der Waals surface area (Å²) >= 11 is 1.39. The molecule has 4 nitrogen and oxygen atoms in total. The van der Waals surface area contributed by atoms with Crippen LogP contribution >= 0.6 is 11.9 Å². The minimum Gasteiger partial charge on any atom is -0.496 e. The number of carbonyl (C=O) groups is 1. The Bertz CT molecular complexity index is 626. The lowest BCUT2D eigenvalue weighted by atomic mass is 10.2. The number of hydrogen-bond acceptors (Lipinski definition) is 5. The Labute approximate surface area is 128 Å². The maximum atomic E-state index is 11.6. The molecule has 110 valence electrons. The molecule has 1 N–H and O–H groups in total. The van der Waals surface area contributed by atoms with E-state index in [0.717, 1.165) is 10.6 Å². The molecule has 0 radical (unpaired) electrons. The van der Waals surface area contributed by atoms with Gasteiger partial charge in [0.25, 0.3) is 0 Å². The van der Waals surface area contributed by atoms with E-state index in [4.69, 9.17) is 9.47 Å². The van der Waals surface area contributed by atoms with Crippen LogP contribution < -0.4 is 9.46 Å². The predicted molar refractivity (Wildman–Crippen MR) is 85.0 cm³/mol. The first-order valence-corrected chi connectivity index (χ1v) is 7.21. The summed E-state index contributed by atoms with van der Waals surface area (Å²) in [4.78, 5) is 12.4. The fourth-order valence-electron chi connectivity index (χ4n) is 1.74. The van der Waals surface area contributed by atoms with E-state index in [2.05, 4.69) is 4.72 Å². The van der Waals surface area contributed by atoms with Crippen LogP contribution in [0, 0.1) is 6.92 Å². The van der Waals surface area contributed by atoms with Gasteiger partial charge in [0.15, 0.2) is 0 Å². The molecule has 0 aromatic heterocycles. The lowest BCUT2D eigenvalue weighted by Gasteiger charge is -2.11. The molecule has 2 rings (SSSR count). The maximum Gasteiger partial charge on any atom is 0.337 e. The number of rotatable bonds is 5. The third-order valence-corrected chi connectivity index (χ3v) is 3.79. The zero-order valence-electron chi connectivity index (χ0n) is 12.2. The minimum absolute atomic E-state index is 0.366. The second kappa shape index (κ2) is 7.04. The summed E-state index contributed by atoms with van der Waals surface area (Å²) in [6, 6.07) is 13.2. The molecular weight excluding hydrogens is 286 g/mol. The molecule has 2 aromatic rings. The van der Waals surface area contributed by atoms with Gasteiger partial charge in [-0.2, -0.15) is 0 Å². The second-order valence-corrected chi connectivity index (χ2v) is 5.28. The molecule has 0 spiro atoms. The molecule has 0 bridgehead atoms. The summed E-state index contributed by atoms with van der Waals surface area (Å²) in [5, 5.41) is 0. The van der Waals surface area contributed by atoms with Gasteiger partial charge < -0.3 is 14.2 Å². The van der Waals surface area contributed by atoms with Crippen molar-refractivity contribution in [1.82, 2.24) is 0 Å². The van der Waals surface area contributed by atoms with Crippen LogP contribution in [0.15, 0.2) is 47.4 Å². The van der Waals surface area contributed by atoms with Crippen molar-refractivity contribution < 1.29 is 14.3 Å². The van der Waals surface area contributed by atoms with Gasteiger partial charge in [0, 0.05) is 5.69 Å². The predicted octanol–water partition coefficient (Wildman–Crippen LogP) is 3.91. The van der Waals surface area contributed by atoms with Gasteiger partial charge in [0.05, 0.1) is 24.7 Å². The van der Waals surface area contributed by atoms with Crippen molar-refractivity contribution in [3.05, 3.63) is 53.6 Å². The van der Waals surface area contributed by atoms with Crippen molar-refractivity contribution >= 4 is 23.6 Å². The Kier molecular flexibility index (Phi) is 5.11. The summed E-state index contributed by atoms with van der Waals surface area (Å²) in [6.07, 6.45) is 0. The van der Waals surface area contributed by atoms with E-state index in [1.807, 2.05) is 31.2 Å². The van der Waals surface area contributed by atoms with E-state index < -0.39 is 0 Å². The summed E-state index contributed by atoms with van der Waals surface area (Å²) in [5.74, 6) is 0.335. The summed E-state index contributed by atoms with van der Waals surface area (Å²) in [6.45, 7) is 2.04. The molecule has 0 saturated heterocycles. The SMILES string of the molecule is COC(=O)c1ccc(OC)c(SNc2ccc(C)cc2)c1. The summed E-state index contributed by atoms with van der Waals surface area (Å²) in [7, 11) is 2.97. The Morgan fingerprint density at radius 2 is 1.81 bits per heavy atom. The van der Waals surface area contributed by atoms with Crippen LogP contribution in [0.3, 0.4) is 0 Å². The normalized spacial score (nSPS) is 10.0. The van der Waals surface area contributed by atoms with Crippen molar-refractivity contribution in [2.45, 2.75) is 11.8 Å². The molecule has 0 aliphatic heterocycles. The zero-order chi connectivity index (χ0) is 15.2. The number of hydrogen-bond donors (Lipinski definition) is 1. The van der Waals surface area contributed by atoms with Crippen LogP contribution in [-0.2, 0) is 4.74 Å². The smallest absolute Gasteiger partial charge is 0.337 e. The number of methoxy groups -OCH3 is 2. The van der Waals surface area contributed by atoms with Gasteiger partial charge >= 0.3 is 5.97 Å². The second-order valence-electron chi connectivity index (χ2n) is 4.43. The number of benzene rings is 2. The van der Waals surface area contributed by atoms with E-state index in [-0.39, 0.29) is 5.97 Å². The number of ether oxygens (including phenoxy) is 2. The molecule has 21 heavy (non-hydrogen) atoms.